The number of benzene rings is 1. The third-order valence-electron chi connectivity index (χ3n) is 4.93. The minimum Gasteiger partial charge on any atom is -0.339 e. The van der Waals surface area contributed by atoms with Gasteiger partial charge in [-0.3, -0.25) is 4.79 Å². The van der Waals surface area contributed by atoms with Crippen LogP contribution < -0.4 is 5.32 Å². The Labute approximate surface area is 127 Å². The van der Waals surface area contributed by atoms with Crippen molar-refractivity contribution in [2.24, 2.45) is 0 Å². The summed E-state index contributed by atoms with van der Waals surface area (Å²) in [5, 5.41) is 3.37. The Morgan fingerprint density at radius 1 is 1.33 bits per heavy atom. The zero-order valence-corrected chi connectivity index (χ0v) is 13.1. The monoisotopic (exact) mass is 287 g/mol. The van der Waals surface area contributed by atoms with Crippen LogP contribution in [-0.4, -0.2) is 55.5 Å². The Hall–Kier alpha value is -1.39. The molecule has 1 fully saturated rings. The van der Waals surface area contributed by atoms with Crippen LogP contribution in [0, 0.1) is 0 Å². The fourth-order valence-electron chi connectivity index (χ4n) is 3.47. The molecule has 1 aromatic carbocycles. The van der Waals surface area contributed by atoms with Crippen molar-refractivity contribution < 1.29 is 4.79 Å². The van der Waals surface area contributed by atoms with E-state index >= 15 is 0 Å². The van der Waals surface area contributed by atoms with Gasteiger partial charge in [-0.2, -0.15) is 0 Å². The molecule has 0 atom stereocenters. The molecule has 0 spiro atoms. The van der Waals surface area contributed by atoms with Crippen molar-refractivity contribution in [2.75, 3.05) is 33.7 Å². The van der Waals surface area contributed by atoms with E-state index < -0.39 is 0 Å². The van der Waals surface area contributed by atoms with E-state index in [1.54, 1.807) is 0 Å². The number of fused-ring (bicyclic) bond motifs is 1. The van der Waals surface area contributed by atoms with Crippen LogP contribution in [0.4, 0.5) is 0 Å². The summed E-state index contributed by atoms with van der Waals surface area (Å²) in [6.07, 6.45) is 3.11. The molecule has 0 aliphatic carbocycles. The number of likely N-dealkylation sites (tertiary alicyclic amines) is 1. The number of amides is 1. The SMILES string of the molecule is CN1CCC(N(C)C(=O)c2cccc3c2CCNC3)CC1. The maximum atomic E-state index is 12.9. The van der Waals surface area contributed by atoms with E-state index in [2.05, 4.69) is 23.3 Å². The maximum absolute atomic E-state index is 12.9. The van der Waals surface area contributed by atoms with Crippen molar-refractivity contribution in [1.82, 2.24) is 15.1 Å². The van der Waals surface area contributed by atoms with Gasteiger partial charge < -0.3 is 15.1 Å². The molecule has 2 heterocycles. The molecule has 0 saturated carbocycles. The van der Waals surface area contributed by atoms with Gasteiger partial charge in [-0.1, -0.05) is 12.1 Å². The highest BCUT2D eigenvalue weighted by Gasteiger charge is 2.26. The molecule has 2 aliphatic rings. The van der Waals surface area contributed by atoms with E-state index in [-0.39, 0.29) is 5.91 Å². The van der Waals surface area contributed by atoms with Crippen molar-refractivity contribution in [3.63, 3.8) is 0 Å². The topological polar surface area (TPSA) is 35.6 Å². The molecule has 4 heteroatoms. The second-order valence-corrected chi connectivity index (χ2v) is 6.32. The van der Waals surface area contributed by atoms with Crippen molar-refractivity contribution >= 4 is 5.91 Å². The number of piperidine rings is 1. The molecule has 1 N–H and O–H groups in total. The molecule has 0 radical (unpaired) electrons. The average Bonchev–Trinajstić information content (AvgIpc) is 2.53. The van der Waals surface area contributed by atoms with Gasteiger partial charge in [0, 0.05) is 25.2 Å². The Bertz CT molecular complexity index is 521. The lowest BCUT2D eigenvalue weighted by molar-refractivity contribution is 0.0658. The molecular formula is C17H25N3O. The molecule has 0 bridgehead atoms. The Balaban J connectivity index is 1.78. The first-order valence-corrected chi connectivity index (χ1v) is 7.94. The minimum absolute atomic E-state index is 0.198. The minimum atomic E-state index is 0.198. The fraction of sp³-hybridized carbons (Fsp3) is 0.588. The first-order chi connectivity index (χ1) is 10.2. The molecule has 1 amide bonds. The summed E-state index contributed by atoms with van der Waals surface area (Å²) in [6, 6.07) is 6.53. The van der Waals surface area contributed by atoms with Crippen LogP contribution in [0.3, 0.4) is 0 Å². The summed E-state index contributed by atoms with van der Waals surface area (Å²) in [6.45, 7) is 4.02. The zero-order chi connectivity index (χ0) is 14.8. The predicted octanol–water partition coefficient (Wildman–Crippen LogP) is 1.50. The van der Waals surface area contributed by atoms with Crippen LogP contribution in [0.2, 0.25) is 0 Å². The van der Waals surface area contributed by atoms with Gasteiger partial charge in [0.25, 0.3) is 5.91 Å². The van der Waals surface area contributed by atoms with Gasteiger partial charge in [0.15, 0.2) is 0 Å². The Morgan fingerprint density at radius 2 is 2.10 bits per heavy atom. The predicted molar refractivity (Wildman–Crippen MR) is 84.5 cm³/mol. The van der Waals surface area contributed by atoms with Crippen molar-refractivity contribution in [3.8, 4) is 0 Å². The van der Waals surface area contributed by atoms with Gasteiger partial charge >= 0.3 is 0 Å². The fourth-order valence-corrected chi connectivity index (χ4v) is 3.47. The highest BCUT2D eigenvalue weighted by Crippen LogP contribution is 2.22. The van der Waals surface area contributed by atoms with Gasteiger partial charge in [-0.05, 0) is 63.1 Å². The Kier molecular flexibility index (Phi) is 4.27. The van der Waals surface area contributed by atoms with Gasteiger partial charge in [-0.25, -0.2) is 0 Å². The van der Waals surface area contributed by atoms with Crippen LogP contribution in [0.25, 0.3) is 0 Å². The van der Waals surface area contributed by atoms with Crippen LogP contribution in [-0.2, 0) is 13.0 Å². The summed E-state index contributed by atoms with van der Waals surface area (Å²) >= 11 is 0. The molecule has 2 aliphatic heterocycles. The number of nitrogens with one attached hydrogen (secondary N) is 1. The summed E-state index contributed by atoms with van der Waals surface area (Å²) in [5.74, 6) is 0.198. The largest absolute Gasteiger partial charge is 0.339 e. The van der Waals surface area contributed by atoms with Gasteiger partial charge in [-0.15, -0.1) is 0 Å². The zero-order valence-electron chi connectivity index (χ0n) is 13.1. The highest BCUT2D eigenvalue weighted by atomic mass is 16.2. The average molecular weight is 287 g/mol. The van der Waals surface area contributed by atoms with Crippen LogP contribution in [0.1, 0.15) is 34.3 Å². The summed E-state index contributed by atoms with van der Waals surface area (Å²) < 4.78 is 0. The molecule has 1 aromatic rings. The highest BCUT2D eigenvalue weighted by molar-refractivity contribution is 5.96. The lowest BCUT2D eigenvalue weighted by Crippen LogP contribution is -2.44. The van der Waals surface area contributed by atoms with E-state index in [4.69, 9.17) is 0 Å². The number of hydrogen-bond donors (Lipinski definition) is 1. The molecule has 0 unspecified atom stereocenters. The van der Waals surface area contributed by atoms with Gasteiger partial charge in [0.1, 0.15) is 0 Å². The van der Waals surface area contributed by atoms with Gasteiger partial charge in [0.2, 0.25) is 0 Å². The molecule has 114 valence electrons. The normalized spacial score (nSPS) is 20.1. The van der Waals surface area contributed by atoms with E-state index in [9.17, 15) is 4.79 Å². The third kappa shape index (κ3) is 2.97. The van der Waals surface area contributed by atoms with E-state index in [1.807, 2.05) is 24.1 Å². The quantitative estimate of drug-likeness (QED) is 0.895. The summed E-state index contributed by atoms with van der Waals surface area (Å²) in [5.41, 5.74) is 3.44. The maximum Gasteiger partial charge on any atom is 0.254 e. The third-order valence-corrected chi connectivity index (χ3v) is 4.93. The van der Waals surface area contributed by atoms with Crippen LogP contribution in [0.5, 0.6) is 0 Å². The molecular weight excluding hydrogens is 262 g/mol. The van der Waals surface area contributed by atoms with E-state index in [0.717, 1.165) is 51.0 Å². The van der Waals surface area contributed by atoms with Crippen molar-refractivity contribution in [1.29, 1.82) is 0 Å². The van der Waals surface area contributed by atoms with E-state index in [0.29, 0.717) is 6.04 Å². The van der Waals surface area contributed by atoms with Crippen LogP contribution in [0.15, 0.2) is 18.2 Å². The summed E-state index contributed by atoms with van der Waals surface area (Å²) in [7, 11) is 4.12. The lowest BCUT2D eigenvalue weighted by atomic mass is 9.94. The van der Waals surface area contributed by atoms with E-state index in [1.165, 1.54) is 11.1 Å². The lowest BCUT2D eigenvalue weighted by Gasteiger charge is -2.35. The van der Waals surface area contributed by atoms with Crippen LogP contribution >= 0.6 is 0 Å². The van der Waals surface area contributed by atoms with Gasteiger partial charge in [0.05, 0.1) is 0 Å². The summed E-state index contributed by atoms with van der Waals surface area (Å²) in [4.78, 5) is 17.2. The molecule has 21 heavy (non-hydrogen) atoms. The number of rotatable bonds is 2. The molecule has 1 saturated heterocycles. The number of carbonyl (C=O) groups excluding carboxylic acids is 1. The molecule has 3 rings (SSSR count). The van der Waals surface area contributed by atoms with Crippen molar-refractivity contribution in [3.05, 3.63) is 34.9 Å². The second-order valence-electron chi connectivity index (χ2n) is 6.32. The second kappa shape index (κ2) is 6.16. The first-order valence-electron chi connectivity index (χ1n) is 7.94. The smallest absolute Gasteiger partial charge is 0.254 e. The molecule has 4 nitrogen and oxygen atoms in total. The molecule has 0 aromatic heterocycles. The number of carbonyl (C=O) groups is 1. The number of hydrogen-bond acceptors (Lipinski definition) is 3. The van der Waals surface area contributed by atoms with Crippen molar-refractivity contribution in [2.45, 2.75) is 31.8 Å². The first kappa shape index (κ1) is 14.5. The Morgan fingerprint density at radius 3 is 2.86 bits per heavy atom. The number of nitrogens with zero attached hydrogens (tertiary/aromatic N) is 2. The standard InChI is InChI=1S/C17H25N3O/c1-19-10-7-14(8-11-19)20(2)17(21)16-5-3-4-13-12-18-9-6-15(13)16/h3-5,14,18H,6-12H2,1-2H3.